The fourth-order valence-electron chi connectivity index (χ4n) is 6.87. The number of hydrogen-bond donors (Lipinski definition) is 0. The molecule has 3 aliphatic rings. The van der Waals surface area contributed by atoms with Crippen LogP contribution >= 0.6 is 23.2 Å². The Morgan fingerprint density at radius 3 is 2.46 bits per heavy atom. The van der Waals surface area contributed by atoms with Crippen LogP contribution in [0.15, 0.2) is 60.7 Å². The Morgan fingerprint density at radius 1 is 0.976 bits per heavy atom. The summed E-state index contributed by atoms with van der Waals surface area (Å²) >= 11 is 12.6. The van der Waals surface area contributed by atoms with E-state index in [2.05, 4.69) is 11.0 Å². The molecule has 2 saturated heterocycles. The number of amides is 2. The van der Waals surface area contributed by atoms with Crippen LogP contribution in [0, 0.1) is 11.2 Å². The Labute approximate surface area is 250 Å². The van der Waals surface area contributed by atoms with Crippen molar-refractivity contribution < 1.29 is 14.0 Å². The number of aryl methyl sites for hydroxylation is 1. The normalized spacial score (nSPS) is 19.9. The van der Waals surface area contributed by atoms with Crippen LogP contribution < -0.4 is 0 Å². The Hall–Kier alpha value is -2.93. The molecule has 41 heavy (non-hydrogen) atoms. The third kappa shape index (κ3) is 5.50. The van der Waals surface area contributed by atoms with Gasteiger partial charge < -0.3 is 9.80 Å². The number of fused-ring (bicyclic) bond motifs is 1. The zero-order valence-electron chi connectivity index (χ0n) is 23.2. The van der Waals surface area contributed by atoms with E-state index in [4.69, 9.17) is 23.2 Å². The van der Waals surface area contributed by atoms with Gasteiger partial charge in [-0.15, -0.1) is 0 Å². The molecule has 2 aliphatic heterocycles. The second-order valence-electron chi connectivity index (χ2n) is 11.8. The number of piperidine rings is 1. The summed E-state index contributed by atoms with van der Waals surface area (Å²) in [5.74, 6) is -0.322. The van der Waals surface area contributed by atoms with E-state index >= 15 is 0 Å². The first-order valence-corrected chi connectivity index (χ1v) is 15.1. The summed E-state index contributed by atoms with van der Waals surface area (Å²) in [5, 5.41) is 0.912. The van der Waals surface area contributed by atoms with E-state index in [-0.39, 0.29) is 29.1 Å². The first-order chi connectivity index (χ1) is 19.7. The number of benzene rings is 3. The van der Waals surface area contributed by atoms with Crippen molar-refractivity contribution in [3.63, 3.8) is 0 Å². The summed E-state index contributed by atoms with van der Waals surface area (Å²) in [5.41, 5.74) is 4.06. The number of rotatable bonds is 5. The third-order valence-corrected chi connectivity index (χ3v) is 10.1. The van der Waals surface area contributed by atoms with Crippen LogP contribution in [0.25, 0.3) is 0 Å². The summed E-state index contributed by atoms with van der Waals surface area (Å²) in [6.07, 6.45) is 4.63. The Balaban J connectivity index is 1.11. The summed E-state index contributed by atoms with van der Waals surface area (Å²) in [7, 11) is 1.82. The number of carbonyl (C=O) groups excluding carboxylic acids is 2. The lowest BCUT2D eigenvalue weighted by atomic mass is 9.77. The number of likely N-dealkylation sites (tertiary alicyclic amines) is 2. The molecular formula is C33H34Cl2FN3O2. The molecule has 0 bridgehead atoms. The number of nitrogens with zero attached hydrogens (tertiary/aromatic N) is 3. The summed E-state index contributed by atoms with van der Waals surface area (Å²) in [6.45, 7) is 3.71. The van der Waals surface area contributed by atoms with E-state index in [0.717, 1.165) is 63.8 Å². The molecule has 1 aliphatic carbocycles. The average Bonchev–Trinajstić information content (AvgIpc) is 3.59. The number of halogens is 3. The van der Waals surface area contributed by atoms with E-state index in [1.165, 1.54) is 11.6 Å². The van der Waals surface area contributed by atoms with Gasteiger partial charge >= 0.3 is 0 Å². The maximum atomic E-state index is 14.3. The van der Waals surface area contributed by atoms with Gasteiger partial charge in [-0.25, -0.2) is 4.39 Å². The second-order valence-corrected chi connectivity index (χ2v) is 12.6. The van der Waals surface area contributed by atoms with Gasteiger partial charge in [-0.2, -0.15) is 0 Å². The van der Waals surface area contributed by atoms with Crippen molar-refractivity contribution in [2.45, 2.75) is 44.7 Å². The van der Waals surface area contributed by atoms with E-state index in [1.807, 2.05) is 36.2 Å². The standard InChI is InChI=1S/C33H34Cl2FN3O2/c1-37(32(41)24-5-2-3-6-27(24)34)30-12-11-22-9-10-23(19-25(22)30)31(40)39-18-15-33(21-39)13-16-38(17-14-33)20-26-28(35)7-4-8-29(26)36/h2-10,19,30H,11-18,20-21H2,1H3. The number of carbonyl (C=O) groups is 2. The predicted molar refractivity (Wildman–Crippen MR) is 160 cm³/mol. The molecule has 5 nitrogen and oxygen atoms in total. The van der Waals surface area contributed by atoms with E-state index in [0.29, 0.717) is 33.3 Å². The molecule has 214 valence electrons. The van der Waals surface area contributed by atoms with Crippen molar-refractivity contribution in [3.8, 4) is 0 Å². The monoisotopic (exact) mass is 593 g/mol. The van der Waals surface area contributed by atoms with Gasteiger partial charge in [-0.1, -0.05) is 47.5 Å². The van der Waals surface area contributed by atoms with Gasteiger partial charge in [0.2, 0.25) is 0 Å². The lowest BCUT2D eigenvalue weighted by molar-refractivity contribution is 0.0712. The quantitative estimate of drug-likeness (QED) is 0.319. The molecule has 3 aromatic rings. The Bertz CT molecular complexity index is 1470. The summed E-state index contributed by atoms with van der Waals surface area (Å²) < 4.78 is 14.3. The van der Waals surface area contributed by atoms with Gasteiger partial charge in [0.1, 0.15) is 5.82 Å². The van der Waals surface area contributed by atoms with Crippen molar-refractivity contribution in [1.29, 1.82) is 0 Å². The van der Waals surface area contributed by atoms with Gasteiger partial charge in [-0.3, -0.25) is 14.5 Å². The molecule has 0 saturated carbocycles. The van der Waals surface area contributed by atoms with Crippen molar-refractivity contribution in [2.75, 3.05) is 33.2 Å². The van der Waals surface area contributed by atoms with Crippen LogP contribution in [0.4, 0.5) is 4.39 Å². The second kappa shape index (κ2) is 11.4. The van der Waals surface area contributed by atoms with Crippen LogP contribution in [0.2, 0.25) is 10.0 Å². The van der Waals surface area contributed by atoms with Crippen LogP contribution in [0.5, 0.6) is 0 Å². The highest BCUT2D eigenvalue weighted by Crippen LogP contribution is 2.42. The van der Waals surface area contributed by atoms with Gasteiger partial charge in [0, 0.05) is 42.8 Å². The molecule has 3 aromatic carbocycles. The van der Waals surface area contributed by atoms with Crippen LogP contribution in [-0.4, -0.2) is 59.7 Å². The molecule has 0 aromatic heterocycles. The maximum Gasteiger partial charge on any atom is 0.255 e. The molecule has 2 fully saturated rings. The zero-order chi connectivity index (χ0) is 28.7. The van der Waals surface area contributed by atoms with Crippen LogP contribution in [0.3, 0.4) is 0 Å². The van der Waals surface area contributed by atoms with Crippen molar-refractivity contribution in [2.24, 2.45) is 5.41 Å². The minimum atomic E-state index is -0.258. The first kappa shape index (κ1) is 28.2. The zero-order valence-corrected chi connectivity index (χ0v) is 24.7. The largest absolute Gasteiger partial charge is 0.338 e. The summed E-state index contributed by atoms with van der Waals surface area (Å²) in [6, 6.07) is 17.8. The highest BCUT2D eigenvalue weighted by molar-refractivity contribution is 6.33. The molecule has 2 heterocycles. The fraction of sp³-hybridized carbons (Fsp3) is 0.394. The highest BCUT2D eigenvalue weighted by Gasteiger charge is 2.42. The van der Waals surface area contributed by atoms with Gasteiger partial charge in [0.05, 0.1) is 16.6 Å². The topological polar surface area (TPSA) is 43.9 Å². The lowest BCUT2D eigenvalue weighted by Crippen LogP contribution is -2.42. The molecular weight excluding hydrogens is 560 g/mol. The van der Waals surface area contributed by atoms with Crippen molar-refractivity contribution in [3.05, 3.63) is 104 Å². The molecule has 8 heteroatoms. The predicted octanol–water partition coefficient (Wildman–Crippen LogP) is 7.02. The van der Waals surface area contributed by atoms with E-state index in [1.54, 1.807) is 29.2 Å². The first-order valence-electron chi connectivity index (χ1n) is 14.3. The molecule has 0 radical (unpaired) electrons. The van der Waals surface area contributed by atoms with Gasteiger partial charge in [0.15, 0.2) is 0 Å². The van der Waals surface area contributed by atoms with Gasteiger partial charge in [-0.05, 0) is 98.1 Å². The smallest absolute Gasteiger partial charge is 0.255 e. The average molecular weight is 595 g/mol. The van der Waals surface area contributed by atoms with Crippen LogP contribution in [-0.2, 0) is 13.0 Å². The maximum absolute atomic E-state index is 14.3. The van der Waals surface area contributed by atoms with Gasteiger partial charge in [0.25, 0.3) is 11.8 Å². The third-order valence-electron chi connectivity index (χ3n) is 9.42. The molecule has 6 rings (SSSR count). The molecule has 1 unspecified atom stereocenters. The van der Waals surface area contributed by atoms with E-state index in [9.17, 15) is 14.0 Å². The van der Waals surface area contributed by atoms with Crippen LogP contribution in [0.1, 0.15) is 69.1 Å². The molecule has 1 spiro atoms. The molecule has 0 N–H and O–H groups in total. The summed E-state index contributed by atoms with van der Waals surface area (Å²) in [4.78, 5) is 33.0. The van der Waals surface area contributed by atoms with Crippen molar-refractivity contribution in [1.82, 2.24) is 14.7 Å². The highest BCUT2D eigenvalue weighted by atomic mass is 35.5. The van der Waals surface area contributed by atoms with E-state index < -0.39 is 0 Å². The fourth-order valence-corrected chi connectivity index (χ4v) is 7.31. The Kier molecular flexibility index (Phi) is 7.84. The SMILES string of the molecule is CN(C(=O)c1ccccc1Cl)C1CCc2ccc(C(=O)N3CCC4(CCN(Cc5c(F)cccc5Cl)CC4)C3)cc21. The minimum Gasteiger partial charge on any atom is -0.338 e. The molecule has 2 amide bonds. The molecule has 1 atom stereocenters. The minimum absolute atomic E-state index is 0.0518. The number of hydrogen-bond acceptors (Lipinski definition) is 3. The Morgan fingerprint density at radius 2 is 1.71 bits per heavy atom. The lowest BCUT2D eigenvalue weighted by Gasteiger charge is -2.39. The van der Waals surface area contributed by atoms with Crippen molar-refractivity contribution >= 4 is 35.0 Å².